The van der Waals surface area contributed by atoms with Crippen LogP contribution in [0.4, 0.5) is 22.2 Å². The Morgan fingerprint density at radius 3 is 1.69 bits per heavy atom. The monoisotopic (exact) mass is 1150 g/mol. The number of halogens is 1. The van der Waals surface area contributed by atoms with E-state index in [0.717, 1.165) is 26.4 Å². The first-order valence-corrected chi connectivity index (χ1v) is 26.9. The van der Waals surface area contributed by atoms with Crippen molar-refractivity contribution in [2.45, 2.75) is 73.7 Å². The summed E-state index contributed by atoms with van der Waals surface area (Å²) in [5.41, 5.74) is 13.1. The molecule has 6 aromatic rings. The van der Waals surface area contributed by atoms with Crippen molar-refractivity contribution >= 4 is 82.6 Å². The van der Waals surface area contributed by atoms with Gasteiger partial charge in [0.2, 0.25) is 23.6 Å². The lowest BCUT2D eigenvalue weighted by molar-refractivity contribution is -0.745. The van der Waals surface area contributed by atoms with Crippen LogP contribution >= 0.6 is 31.3 Å². The van der Waals surface area contributed by atoms with Crippen LogP contribution in [0.3, 0.4) is 0 Å². The van der Waals surface area contributed by atoms with Gasteiger partial charge < -0.3 is 71.4 Å². The van der Waals surface area contributed by atoms with Crippen molar-refractivity contribution in [3.05, 3.63) is 50.0 Å². The van der Waals surface area contributed by atoms with Gasteiger partial charge in [0.05, 0.1) is 39.5 Å². The lowest BCUT2D eigenvalue weighted by Crippen LogP contribution is -2.46. The number of aryl methyl sites for hydroxylation is 1. The summed E-state index contributed by atoms with van der Waals surface area (Å²) in [6, 6.07) is 0. The summed E-state index contributed by atoms with van der Waals surface area (Å²) < 4.78 is 117. The van der Waals surface area contributed by atoms with Gasteiger partial charge in [-0.25, -0.2) is 37.2 Å². The van der Waals surface area contributed by atoms with E-state index < -0.39 is 159 Å². The van der Waals surface area contributed by atoms with Gasteiger partial charge in [0.25, 0.3) is 22.6 Å². The van der Waals surface area contributed by atoms with Gasteiger partial charge in [0, 0.05) is 0 Å². The number of nitrogen functional groups attached to an aromatic ring is 3. The highest BCUT2D eigenvalue weighted by Crippen LogP contribution is 2.68. The molecule has 3 aliphatic rings. The van der Waals surface area contributed by atoms with E-state index >= 15 is 4.39 Å². The fourth-order valence-electron chi connectivity index (χ4n) is 8.10. The maximum atomic E-state index is 16.5. The Kier molecular flexibility index (Phi) is 14.4. The molecule has 0 amide bonds. The van der Waals surface area contributed by atoms with Gasteiger partial charge in [-0.1, -0.05) is 4.98 Å². The third kappa shape index (κ3) is 10.8. The van der Waals surface area contributed by atoms with Crippen LogP contribution in [0.15, 0.2) is 33.4 Å². The quantitative estimate of drug-likeness (QED) is 0.0283. The van der Waals surface area contributed by atoms with Gasteiger partial charge in [-0.2, -0.15) is 18.6 Å². The third-order valence-electron chi connectivity index (χ3n) is 11.3. The maximum Gasteiger partial charge on any atom is 0.490 e. The summed E-state index contributed by atoms with van der Waals surface area (Å²) in [6.45, 7) is -3.78. The Balaban J connectivity index is 0.859. The number of alkyl halides is 1. The summed E-state index contributed by atoms with van der Waals surface area (Å²) in [4.78, 5) is 105. The molecule has 3 saturated heterocycles. The Morgan fingerprint density at radius 2 is 1.12 bits per heavy atom. The molecular formula is C31H41FN15O24P4+. The number of nitrogens with two attached hydrogens (primary N) is 3. The molecule has 3 aliphatic heterocycles. The SMILES string of the molecule is Cn1c[n+]([C@@H]2O[C@H](COP(=O)(O)OP(=O)(O)OP(=O)(O)OC[C@H]3O[C@@H](n4cnc5c(=O)[nH]c(N)nc54)[C@H](F)[C@@H]3OP(=O)(O)OC[C@H]3O[C@@H](n4cnc5c(=O)[nH]c(N)nc54)[C@H](O)[C@@H]3O)[C@@H](O)[C@H]2O)c2nc(N)[nH]c(=O)c21. The number of H-pyrrole nitrogens is 3. The average molecular weight is 1150 g/mol. The van der Waals surface area contributed by atoms with Crippen molar-refractivity contribution in [3.63, 3.8) is 0 Å². The molecule has 16 atom stereocenters. The molecule has 0 aliphatic carbocycles. The number of phosphoric ester groups is 3. The van der Waals surface area contributed by atoms with E-state index in [0.29, 0.717) is 0 Å². The Hall–Kier alpha value is -5.38. The topological polar surface area (TPSA) is 573 Å². The second kappa shape index (κ2) is 19.9. The van der Waals surface area contributed by atoms with Crippen LogP contribution in [0.1, 0.15) is 18.7 Å². The zero-order valence-electron chi connectivity index (χ0n) is 37.3. The summed E-state index contributed by atoms with van der Waals surface area (Å²) in [6.07, 6.45) is -20.3. The van der Waals surface area contributed by atoms with E-state index in [2.05, 4.69) is 53.0 Å². The largest absolute Gasteiger partial charge is 0.490 e. The summed E-state index contributed by atoms with van der Waals surface area (Å²) >= 11 is 0. The summed E-state index contributed by atoms with van der Waals surface area (Å²) in [7, 11) is -22.5. The van der Waals surface area contributed by atoms with E-state index in [1.807, 2.05) is 0 Å². The van der Waals surface area contributed by atoms with Crippen molar-refractivity contribution in [2.24, 2.45) is 7.05 Å². The number of imidazole rings is 3. The van der Waals surface area contributed by atoms with Crippen molar-refractivity contribution < 1.29 is 108 Å². The molecule has 0 spiro atoms. The molecule has 44 heteroatoms. The number of aliphatic hydroxyl groups excluding tert-OH is 4. The first-order chi connectivity index (χ1) is 35.0. The molecule has 6 aromatic heterocycles. The normalized spacial score (nSPS) is 30.5. The van der Waals surface area contributed by atoms with Crippen molar-refractivity contribution in [1.82, 2.24) is 53.6 Å². The van der Waals surface area contributed by atoms with E-state index in [4.69, 9.17) is 45.0 Å². The van der Waals surface area contributed by atoms with Crippen LogP contribution in [0.5, 0.6) is 0 Å². The molecule has 0 saturated carbocycles. The first-order valence-electron chi connectivity index (χ1n) is 20.9. The average Bonchev–Trinajstić information content (AvgIpc) is 4.15. The van der Waals surface area contributed by atoms with Gasteiger partial charge in [-0.15, -0.1) is 0 Å². The van der Waals surface area contributed by atoms with Gasteiger partial charge in [-0.05, 0) is 0 Å². The van der Waals surface area contributed by atoms with E-state index in [-0.39, 0.29) is 34.2 Å². The highest BCUT2D eigenvalue weighted by Gasteiger charge is 2.54. The number of nitrogens with one attached hydrogen (secondary N) is 3. The zero-order valence-corrected chi connectivity index (χ0v) is 40.9. The molecule has 0 bridgehead atoms. The zero-order chi connectivity index (χ0) is 54.4. The third-order valence-corrected chi connectivity index (χ3v) is 16.6. The minimum atomic E-state index is -6.28. The van der Waals surface area contributed by atoms with Crippen molar-refractivity contribution in [3.8, 4) is 0 Å². The predicted molar refractivity (Wildman–Crippen MR) is 236 cm³/mol. The highest BCUT2D eigenvalue weighted by atomic mass is 31.3. The maximum absolute atomic E-state index is 16.5. The van der Waals surface area contributed by atoms with E-state index in [1.165, 1.54) is 17.9 Å². The Morgan fingerprint density at radius 1 is 0.653 bits per heavy atom. The lowest BCUT2D eigenvalue weighted by atomic mass is 10.1. The fourth-order valence-corrected chi connectivity index (χ4v) is 12.6. The molecule has 0 radical (unpaired) electrons. The van der Waals surface area contributed by atoms with E-state index in [9.17, 15) is 72.6 Å². The van der Waals surface area contributed by atoms with Crippen LogP contribution in [-0.2, 0) is 66.2 Å². The number of anilines is 3. The van der Waals surface area contributed by atoms with Crippen LogP contribution in [-0.4, -0.2) is 168 Å². The molecule has 9 rings (SSSR count). The number of rotatable bonds is 18. The van der Waals surface area contributed by atoms with E-state index in [1.54, 1.807) is 0 Å². The lowest BCUT2D eigenvalue weighted by Gasteiger charge is -2.24. The number of fused-ring (bicyclic) bond motifs is 3. The Bertz CT molecular complexity index is 3580. The van der Waals surface area contributed by atoms with Gasteiger partial charge in [-0.3, -0.25) is 61.1 Å². The molecule has 39 nitrogen and oxygen atoms in total. The minimum absolute atomic E-state index is 0.0442. The molecule has 3 fully saturated rings. The predicted octanol–water partition coefficient (Wildman–Crippen LogP) is -5.09. The summed E-state index contributed by atoms with van der Waals surface area (Å²) in [5.74, 6) is -1.17. The Labute approximate surface area is 411 Å². The minimum Gasteiger partial charge on any atom is -0.387 e. The molecule has 0 aromatic carbocycles. The van der Waals surface area contributed by atoms with Crippen molar-refractivity contribution in [1.29, 1.82) is 0 Å². The standard InChI is InChI=1S/C31H40FN15O24P4/c1-44-7-47(22-14(44)25(54)43-31(35)40-22)28-18(51)16(49)9(67-28)3-64-73(57,58)70-75(61,62)71-74(59,60)65-4-10-19(11(32)26(68-10)45-5-36-12-20(45)38-29(33)41-23(12)52)69-72(55,56)63-2-8-15(48)17(50)27(66-8)46-6-37-13-21(46)39-30(34)42-24(13)53/h5-11,15-19,26-28,48-51H,2-4H2,1H3,(H12-,33,34,35,38,39,40,41,42,43,52,53,54,55,56,57,58,59,60,61,62)/p+1/t8-,9-,10-,11-,15-,16-,17-,18-,19-,26-,27-,28-/m1/s1. The van der Waals surface area contributed by atoms with Gasteiger partial charge >= 0.3 is 36.9 Å². The van der Waals surface area contributed by atoms with Crippen LogP contribution in [0.25, 0.3) is 33.5 Å². The number of nitrogens with zero attached hydrogens (tertiary/aromatic N) is 9. The van der Waals surface area contributed by atoms with Crippen LogP contribution < -0.4 is 38.4 Å². The smallest absolute Gasteiger partial charge is 0.387 e. The first kappa shape index (κ1) is 54.4. The van der Waals surface area contributed by atoms with Crippen LogP contribution in [0.2, 0.25) is 0 Å². The number of hydrogen-bond donors (Lipinski definition) is 14. The number of ether oxygens (including phenoxy) is 3. The second-order valence-corrected chi connectivity index (χ2v) is 22.4. The van der Waals surface area contributed by atoms with Gasteiger partial charge in [0.15, 0.2) is 47.3 Å². The van der Waals surface area contributed by atoms with Crippen molar-refractivity contribution in [2.75, 3.05) is 37.0 Å². The number of aromatic nitrogens is 12. The van der Waals surface area contributed by atoms with Crippen LogP contribution in [0, 0.1) is 0 Å². The highest BCUT2D eigenvalue weighted by molar-refractivity contribution is 7.66. The number of aliphatic hydroxyl groups is 4. The van der Waals surface area contributed by atoms with Gasteiger partial charge in [0.1, 0.15) is 48.8 Å². The molecule has 17 N–H and O–H groups in total. The number of phosphoric acid groups is 4. The molecule has 9 heterocycles. The summed E-state index contributed by atoms with van der Waals surface area (Å²) in [5, 5.41) is 43.0. The fraction of sp³-hybridized carbons (Fsp3) is 0.516. The second-order valence-electron chi connectivity index (χ2n) is 16.4. The molecule has 410 valence electrons. The number of hydrogen-bond acceptors (Lipinski definition) is 28. The molecule has 75 heavy (non-hydrogen) atoms. The molecular weight excluding hydrogens is 1110 g/mol. The number of aromatic amines is 3. The molecule has 4 unspecified atom stereocenters.